The van der Waals surface area contributed by atoms with Crippen molar-refractivity contribution < 1.29 is 14.4 Å². The molecule has 2 N–H and O–H groups in total. The number of benzene rings is 5. The SMILES string of the molecule is Cc1cc(NC(=O)C(Cc2ccc(C(=O)NCCC=O)cc2)c2ccc(-c3ccc(C(C)(C)C)cc3)cc2)ccc1-c1ccc(Cl)c(Cl)c1Cl. The lowest BCUT2D eigenvalue weighted by atomic mass is 9.86. The van der Waals surface area contributed by atoms with Crippen molar-refractivity contribution in [2.24, 2.45) is 0 Å². The highest BCUT2D eigenvalue weighted by Gasteiger charge is 2.23. The van der Waals surface area contributed by atoms with Gasteiger partial charge in [0.15, 0.2) is 0 Å². The van der Waals surface area contributed by atoms with Gasteiger partial charge in [-0.1, -0.05) is 128 Å². The molecule has 2 amide bonds. The third kappa shape index (κ3) is 8.83. The van der Waals surface area contributed by atoms with Crippen molar-refractivity contribution >= 4 is 58.6 Å². The summed E-state index contributed by atoms with van der Waals surface area (Å²) in [7, 11) is 0. The molecule has 0 aromatic heterocycles. The smallest absolute Gasteiger partial charge is 0.251 e. The van der Waals surface area contributed by atoms with E-state index in [0.29, 0.717) is 32.7 Å². The lowest BCUT2D eigenvalue weighted by Crippen LogP contribution is -2.25. The van der Waals surface area contributed by atoms with Crippen LogP contribution in [0.1, 0.15) is 65.7 Å². The normalized spacial score (nSPS) is 11.9. The fourth-order valence-corrected chi connectivity index (χ4v) is 6.45. The first-order chi connectivity index (χ1) is 23.8. The second kappa shape index (κ2) is 16.1. The van der Waals surface area contributed by atoms with Crippen LogP contribution in [-0.2, 0) is 21.4 Å². The predicted octanol–water partition coefficient (Wildman–Crippen LogP) is 10.9. The minimum Gasteiger partial charge on any atom is -0.352 e. The Balaban J connectivity index is 1.41. The predicted molar refractivity (Wildman–Crippen MR) is 207 cm³/mol. The number of amides is 2. The fourth-order valence-electron chi connectivity index (χ4n) is 5.81. The van der Waals surface area contributed by atoms with Gasteiger partial charge in [0.2, 0.25) is 5.91 Å². The van der Waals surface area contributed by atoms with Crippen molar-refractivity contribution in [1.82, 2.24) is 5.32 Å². The first-order valence-electron chi connectivity index (χ1n) is 16.4. The number of anilines is 1. The van der Waals surface area contributed by atoms with Gasteiger partial charge in [-0.2, -0.15) is 0 Å². The molecule has 5 aromatic carbocycles. The van der Waals surface area contributed by atoms with Crippen LogP contribution in [0.4, 0.5) is 5.69 Å². The summed E-state index contributed by atoms with van der Waals surface area (Å²) in [4.78, 5) is 37.2. The Labute approximate surface area is 309 Å². The monoisotopic (exact) mass is 724 g/mol. The second-order valence-electron chi connectivity index (χ2n) is 13.4. The number of carbonyl (C=O) groups is 3. The average Bonchev–Trinajstić information content (AvgIpc) is 3.10. The summed E-state index contributed by atoms with van der Waals surface area (Å²) in [6, 6.07) is 33.1. The second-order valence-corrected chi connectivity index (χ2v) is 14.5. The molecule has 0 heterocycles. The zero-order valence-corrected chi connectivity index (χ0v) is 30.7. The molecule has 0 radical (unpaired) electrons. The zero-order valence-electron chi connectivity index (χ0n) is 28.4. The Kier molecular flexibility index (Phi) is 11.8. The highest BCUT2D eigenvalue weighted by atomic mass is 35.5. The van der Waals surface area contributed by atoms with Gasteiger partial charge < -0.3 is 15.4 Å². The van der Waals surface area contributed by atoms with Crippen LogP contribution >= 0.6 is 34.8 Å². The standard InChI is InChI=1S/C42H39Cl3N2O3/c1-26-24-33(18-19-34(26)35-20-21-37(43)39(45)38(35)44)47-41(50)36(25-27-6-8-31(9-7-27)40(49)46-22-5-23-48)30-12-10-28(11-13-30)29-14-16-32(17-15-29)42(2,3)4/h6-21,23-24,36H,5,22,25H2,1-4H3,(H,46,49)(H,47,50). The summed E-state index contributed by atoms with van der Waals surface area (Å²) in [6.45, 7) is 8.82. The van der Waals surface area contributed by atoms with Crippen molar-refractivity contribution in [1.29, 1.82) is 0 Å². The molecule has 256 valence electrons. The van der Waals surface area contributed by atoms with Crippen LogP contribution in [0.15, 0.2) is 103 Å². The van der Waals surface area contributed by atoms with Gasteiger partial charge in [0, 0.05) is 29.8 Å². The molecule has 0 fully saturated rings. The molecule has 0 saturated heterocycles. The molecule has 0 saturated carbocycles. The molecular weight excluding hydrogens is 687 g/mol. The number of nitrogens with one attached hydrogen (secondary N) is 2. The summed E-state index contributed by atoms with van der Waals surface area (Å²) in [5.74, 6) is -0.938. The molecular formula is C42H39Cl3N2O3. The van der Waals surface area contributed by atoms with Crippen molar-refractivity contribution in [2.75, 3.05) is 11.9 Å². The molecule has 50 heavy (non-hydrogen) atoms. The lowest BCUT2D eigenvalue weighted by Gasteiger charge is -2.20. The molecule has 0 spiro atoms. The summed E-state index contributed by atoms with van der Waals surface area (Å²) >= 11 is 19.0. The summed E-state index contributed by atoms with van der Waals surface area (Å²) in [5.41, 5.74) is 8.93. The Morgan fingerprint density at radius 2 is 1.38 bits per heavy atom. The van der Waals surface area contributed by atoms with E-state index in [2.05, 4.69) is 67.8 Å². The van der Waals surface area contributed by atoms with Crippen LogP contribution in [0.25, 0.3) is 22.3 Å². The van der Waals surface area contributed by atoms with Gasteiger partial charge in [0.05, 0.1) is 21.0 Å². The van der Waals surface area contributed by atoms with Gasteiger partial charge in [-0.3, -0.25) is 9.59 Å². The highest BCUT2D eigenvalue weighted by Crippen LogP contribution is 2.40. The minimum absolute atomic E-state index is 0.0663. The van der Waals surface area contributed by atoms with E-state index in [1.807, 2.05) is 55.5 Å². The van der Waals surface area contributed by atoms with Crippen LogP contribution in [0.3, 0.4) is 0 Å². The van der Waals surface area contributed by atoms with Crippen LogP contribution in [0.5, 0.6) is 0 Å². The maximum absolute atomic E-state index is 14.1. The van der Waals surface area contributed by atoms with E-state index in [4.69, 9.17) is 34.8 Å². The number of halogens is 3. The quantitative estimate of drug-likeness (QED) is 0.0809. The van der Waals surface area contributed by atoms with Crippen molar-refractivity contribution in [2.45, 2.75) is 51.9 Å². The Morgan fingerprint density at radius 1 is 0.760 bits per heavy atom. The summed E-state index contributed by atoms with van der Waals surface area (Å²) in [5, 5.41) is 6.91. The van der Waals surface area contributed by atoms with Crippen molar-refractivity contribution in [3.63, 3.8) is 0 Å². The van der Waals surface area contributed by atoms with Crippen molar-refractivity contribution in [3.8, 4) is 22.3 Å². The summed E-state index contributed by atoms with van der Waals surface area (Å²) < 4.78 is 0. The molecule has 5 rings (SSSR count). The molecule has 0 aliphatic heterocycles. The molecule has 0 aliphatic carbocycles. The van der Waals surface area contributed by atoms with E-state index in [-0.39, 0.29) is 30.2 Å². The lowest BCUT2D eigenvalue weighted by molar-refractivity contribution is -0.117. The van der Waals surface area contributed by atoms with Gasteiger partial charge in [-0.05, 0) is 88.0 Å². The van der Waals surface area contributed by atoms with E-state index in [0.717, 1.165) is 45.2 Å². The molecule has 1 unspecified atom stereocenters. The van der Waals surface area contributed by atoms with E-state index < -0.39 is 5.92 Å². The molecule has 8 heteroatoms. The fraction of sp³-hybridized carbons (Fsp3) is 0.214. The Bertz CT molecular complexity index is 2000. The van der Waals surface area contributed by atoms with E-state index in [1.165, 1.54) is 5.56 Å². The molecule has 1 atom stereocenters. The van der Waals surface area contributed by atoms with Crippen LogP contribution < -0.4 is 10.6 Å². The molecule has 0 bridgehead atoms. The first kappa shape index (κ1) is 36.9. The number of aldehydes is 1. The van der Waals surface area contributed by atoms with Gasteiger partial charge in [-0.15, -0.1) is 0 Å². The minimum atomic E-state index is -0.524. The van der Waals surface area contributed by atoms with E-state index in [9.17, 15) is 14.4 Å². The Morgan fingerprint density at radius 3 is 1.98 bits per heavy atom. The third-order valence-corrected chi connectivity index (χ3v) is 10.0. The Hall–Kier alpha value is -4.42. The van der Waals surface area contributed by atoms with E-state index >= 15 is 0 Å². The van der Waals surface area contributed by atoms with Crippen molar-refractivity contribution in [3.05, 3.63) is 146 Å². The highest BCUT2D eigenvalue weighted by molar-refractivity contribution is 6.49. The summed E-state index contributed by atoms with van der Waals surface area (Å²) in [6.07, 6.45) is 1.44. The van der Waals surface area contributed by atoms with Crippen LogP contribution in [0, 0.1) is 6.92 Å². The molecule has 0 aliphatic rings. The number of aryl methyl sites for hydroxylation is 1. The topological polar surface area (TPSA) is 75.3 Å². The largest absolute Gasteiger partial charge is 0.352 e. The van der Waals surface area contributed by atoms with Gasteiger partial charge >= 0.3 is 0 Å². The van der Waals surface area contributed by atoms with Gasteiger partial charge in [-0.25, -0.2) is 0 Å². The van der Waals surface area contributed by atoms with Crippen LogP contribution in [0.2, 0.25) is 15.1 Å². The zero-order chi connectivity index (χ0) is 36.0. The first-order valence-corrected chi connectivity index (χ1v) is 17.6. The average molecular weight is 726 g/mol. The third-order valence-electron chi connectivity index (χ3n) is 8.74. The maximum Gasteiger partial charge on any atom is 0.251 e. The molecule has 5 nitrogen and oxygen atoms in total. The number of hydrogen-bond donors (Lipinski definition) is 2. The van der Waals surface area contributed by atoms with Crippen LogP contribution in [-0.4, -0.2) is 24.6 Å². The van der Waals surface area contributed by atoms with Gasteiger partial charge in [0.25, 0.3) is 5.91 Å². The van der Waals surface area contributed by atoms with Gasteiger partial charge in [0.1, 0.15) is 6.29 Å². The molecule has 5 aromatic rings. The number of carbonyl (C=O) groups excluding carboxylic acids is 3. The number of hydrogen-bond acceptors (Lipinski definition) is 3. The van der Waals surface area contributed by atoms with E-state index in [1.54, 1.807) is 18.2 Å². The maximum atomic E-state index is 14.1. The number of rotatable bonds is 11.